The summed E-state index contributed by atoms with van der Waals surface area (Å²) in [4.78, 5) is 0. The van der Waals surface area contributed by atoms with Crippen LogP contribution in [0, 0.1) is 0 Å². The molecule has 0 aliphatic heterocycles. The number of hydrogen-bond donors (Lipinski definition) is 2. The van der Waals surface area contributed by atoms with E-state index in [1.165, 1.54) is 0 Å². The second kappa shape index (κ2) is 4.62. The van der Waals surface area contributed by atoms with Crippen molar-refractivity contribution in [3.05, 3.63) is 66.8 Å². The summed E-state index contributed by atoms with van der Waals surface area (Å²) in [5, 5.41) is 0. The maximum atomic E-state index is 3.97. The van der Waals surface area contributed by atoms with Gasteiger partial charge in [-0.25, -0.2) is 5.43 Å². The fourth-order valence-corrected chi connectivity index (χ4v) is 1.41. The fraction of sp³-hybridized carbons (Fsp3) is 0.0769. The smallest absolute Gasteiger partial charge is 0.0688 e. The van der Waals surface area contributed by atoms with Gasteiger partial charge in [-0.15, -0.1) is 0 Å². The van der Waals surface area contributed by atoms with Crippen LogP contribution < -0.4 is 10.9 Å². The summed E-state index contributed by atoms with van der Waals surface area (Å²) >= 11 is 0. The Hall–Kier alpha value is -1.80. The van der Waals surface area contributed by atoms with Crippen LogP contribution in [0.4, 0.5) is 5.69 Å². The Morgan fingerprint density at radius 3 is 2.60 bits per heavy atom. The summed E-state index contributed by atoms with van der Waals surface area (Å²) < 4.78 is 0. The van der Waals surface area contributed by atoms with Gasteiger partial charge in [0.2, 0.25) is 0 Å². The minimum atomic E-state index is 0.162. The molecule has 2 heteroatoms. The van der Waals surface area contributed by atoms with Crippen molar-refractivity contribution in [2.45, 2.75) is 6.04 Å². The van der Waals surface area contributed by atoms with Crippen LogP contribution >= 0.6 is 0 Å². The van der Waals surface area contributed by atoms with Crippen LogP contribution in [0.3, 0.4) is 0 Å². The first-order valence-electron chi connectivity index (χ1n) is 4.96. The molecule has 1 atom stereocenters. The molecule has 0 fully saturated rings. The summed E-state index contributed by atoms with van der Waals surface area (Å²) in [5.74, 6) is 0. The zero-order valence-electron chi connectivity index (χ0n) is 8.48. The SMILES string of the molecule is C=C1C=CC=CC1NNc1ccccc1. The van der Waals surface area contributed by atoms with Crippen LogP contribution in [-0.2, 0) is 0 Å². The number of rotatable bonds is 3. The van der Waals surface area contributed by atoms with E-state index in [-0.39, 0.29) is 6.04 Å². The molecule has 1 aromatic carbocycles. The van der Waals surface area contributed by atoms with Gasteiger partial charge in [-0.05, 0) is 17.7 Å². The molecule has 1 aliphatic rings. The number of hydrogen-bond acceptors (Lipinski definition) is 2. The Kier molecular flexibility index (Phi) is 3.00. The van der Waals surface area contributed by atoms with E-state index in [1.807, 2.05) is 48.6 Å². The topological polar surface area (TPSA) is 24.1 Å². The lowest BCUT2D eigenvalue weighted by atomic mass is 10.1. The molecular weight excluding hydrogens is 184 g/mol. The number of nitrogens with one attached hydrogen (secondary N) is 2. The average Bonchev–Trinajstić information content (AvgIpc) is 2.29. The monoisotopic (exact) mass is 198 g/mol. The average molecular weight is 198 g/mol. The first-order valence-corrected chi connectivity index (χ1v) is 4.96. The van der Waals surface area contributed by atoms with E-state index >= 15 is 0 Å². The number of hydrazine groups is 1. The normalized spacial score (nSPS) is 19.2. The lowest BCUT2D eigenvalue weighted by Gasteiger charge is -2.18. The van der Waals surface area contributed by atoms with E-state index in [4.69, 9.17) is 0 Å². The Bertz CT molecular complexity index is 390. The molecule has 2 N–H and O–H groups in total. The van der Waals surface area contributed by atoms with Gasteiger partial charge < -0.3 is 5.43 Å². The first-order chi connectivity index (χ1) is 7.36. The van der Waals surface area contributed by atoms with Gasteiger partial charge in [0.1, 0.15) is 0 Å². The van der Waals surface area contributed by atoms with E-state index in [0.29, 0.717) is 0 Å². The Balaban J connectivity index is 1.91. The molecular formula is C13H14N2. The van der Waals surface area contributed by atoms with Gasteiger partial charge in [-0.2, -0.15) is 0 Å². The van der Waals surface area contributed by atoms with Gasteiger partial charge in [-0.3, -0.25) is 0 Å². The minimum Gasteiger partial charge on any atom is -0.321 e. The molecule has 0 heterocycles. The van der Waals surface area contributed by atoms with E-state index in [9.17, 15) is 0 Å². The van der Waals surface area contributed by atoms with Crippen molar-refractivity contribution in [2.75, 3.05) is 5.43 Å². The predicted molar refractivity (Wildman–Crippen MR) is 64.4 cm³/mol. The molecule has 1 aromatic rings. The molecule has 0 spiro atoms. The molecule has 0 saturated heterocycles. The third kappa shape index (κ3) is 2.58. The van der Waals surface area contributed by atoms with Crippen molar-refractivity contribution in [2.24, 2.45) is 0 Å². The van der Waals surface area contributed by atoms with Gasteiger partial charge in [0, 0.05) is 5.69 Å². The number of benzene rings is 1. The highest BCUT2D eigenvalue weighted by atomic mass is 15.4. The molecule has 0 bridgehead atoms. The second-order valence-electron chi connectivity index (χ2n) is 3.43. The van der Waals surface area contributed by atoms with Crippen molar-refractivity contribution < 1.29 is 0 Å². The summed E-state index contributed by atoms with van der Waals surface area (Å²) in [5.41, 5.74) is 8.45. The Morgan fingerprint density at radius 2 is 1.87 bits per heavy atom. The summed E-state index contributed by atoms with van der Waals surface area (Å²) in [6.07, 6.45) is 8.07. The highest BCUT2D eigenvalue weighted by Gasteiger charge is 2.07. The lowest BCUT2D eigenvalue weighted by molar-refractivity contribution is 0.751. The molecule has 15 heavy (non-hydrogen) atoms. The molecule has 2 rings (SSSR count). The molecule has 1 aliphatic carbocycles. The van der Waals surface area contributed by atoms with Crippen LogP contribution in [0.5, 0.6) is 0 Å². The Labute approximate surface area is 90.0 Å². The number of para-hydroxylation sites is 1. The fourth-order valence-electron chi connectivity index (χ4n) is 1.41. The predicted octanol–water partition coefficient (Wildman–Crippen LogP) is 2.65. The Morgan fingerprint density at radius 1 is 1.07 bits per heavy atom. The van der Waals surface area contributed by atoms with Gasteiger partial charge in [0.25, 0.3) is 0 Å². The van der Waals surface area contributed by atoms with Crippen LogP contribution in [0.15, 0.2) is 66.8 Å². The minimum absolute atomic E-state index is 0.162. The van der Waals surface area contributed by atoms with Crippen LogP contribution in [0.25, 0.3) is 0 Å². The van der Waals surface area contributed by atoms with Gasteiger partial charge in [-0.1, -0.05) is 49.1 Å². The van der Waals surface area contributed by atoms with Gasteiger partial charge in [0.05, 0.1) is 6.04 Å². The molecule has 1 unspecified atom stereocenters. The lowest BCUT2D eigenvalue weighted by Crippen LogP contribution is -2.33. The summed E-state index contributed by atoms with van der Waals surface area (Å²) in [7, 11) is 0. The molecule has 0 amide bonds. The largest absolute Gasteiger partial charge is 0.321 e. The van der Waals surface area contributed by atoms with E-state index in [1.54, 1.807) is 0 Å². The quantitative estimate of drug-likeness (QED) is 0.730. The van der Waals surface area contributed by atoms with Crippen molar-refractivity contribution in [3.63, 3.8) is 0 Å². The summed E-state index contributed by atoms with van der Waals surface area (Å²) in [6, 6.07) is 10.2. The summed E-state index contributed by atoms with van der Waals surface area (Å²) in [6.45, 7) is 3.97. The van der Waals surface area contributed by atoms with Crippen molar-refractivity contribution >= 4 is 5.69 Å². The molecule has 76 valence electrons. The zero-order chi connectivity index (χ0) is 10.5. The van der Waals surface area contributed by atoms with Crippen molar-refractivity contribution in [1.29, 1.82) is 0 Å². The molecule has 0 radical (unpaired) electrons. The third-order valence-corrected chi connectivity index (χ3v) is 2.27. The van der Waals surface area contributed by atoms with E-state index in [2.05, 4.69) is 23.5 Å². The number of allylic oxidation sites excluding steroid dienone is 2. The standard InChI is InChI=1S/C13H14N2/c1-11-7-5-6-10-13(11)15-14-12-8-3-2-4-9-12/h2-10,13-15H,1H2. The van der Waals surface area contributed by atoms with Crippen LogP contribution in [0.2, 0.25) is 0 Å². The molecule has 0 saturated carbocycles. The highest BCUT2D eigenvalue weighted by Crippen LogP contribution is 2.10. The first kappa shape index (κ1) is 9.74. The van der Waals surface area contributed by atoms with Crippen molar-refractivity contribution in [3.8, 4) is 0 Å². The van der Waals surface area contributed by atoms with Gasteiger partial charge >= 0.3 is 0 Å². The molecule has 0 aromatic heterocycles. The van der Waals surface area contributed by atoms with Crippen molar-refractivity contribution in [1.82, 2.24) is 5.43 Å². The highest BCUT2D eigenvalue weighted by molar-refractivity contribution is 5.43. The van der Waals surface area contributed by atoms with E-state index in [0.717, 1.165) is 11.3 Å². The maximum Gasteiger partial charge on any atom is 0.0688 e. The second-order valence-corrected chi connectivity index (χ2v) is 3.43. The zero-order valence-corrected chi connectivity index (χ0v) is 8.48. The number of anilines is 1. The molecule has 2 nitrogen and oxygen atoms in total. The van der Waals surface area contributed by atoms with E-state index < -0.39 is 0 Å². The third-order valence-electron chi connectivity index (χ3n) is 2.27. The van der Waals surface area contributed by atoms with Crippen LogP contribution in [0.1, 0.15) is 0 Å². The van der Waals surface area contributed by atoms with Gasteiger partial charge in [0.15, 0.2) is 0 Å². The van der Waals surface area contributed by atoms with Crippen LogP contribution in [-0.4, -0.2) is 6.04 Å². The maximum absolute atomic E-state index is 3.97.